The molecule has 0 spiro atoms. The largest absolute Gasteiger partial charge is 0.508 e. The fraction of sp³-hybridized carbons (Fsp3) is 0.455. The van der Waals surface area contributed by atoms with Crippen LogP contribution in [0.2, 0.25) is 5.02 Å². The lowest BCUT2D eigenvalue weighted by atomic mass is 9.96. The van der Waals surface area contributed by atoms with Crippen LogP contribution < -0.4 is 5.73 Å². The molecule has 0 aromatic heterocycles. The average molecular weight is 212 g/mol. The van der Waals surface area contributed by atoms with Gasteiger partial charge in [-0.25, -0.2) is 0 Å². The summed E-state index contributed by atoms with van der Waals surface area (Å²) in [4.78, 5) is 0. The van der Waals surface area contributed by atoms with Crippen LogP contribution in [-0.4, -0.2) is 5.11 Å². The van der Waals surface area contributed by atoms with Gasteiger partial charge in [0.1, 0.15) is 5.75 Å². The van der Waals surface area contributed by atoms with Gasteiger partial charge in [-0.3, -0.25) is 0 Å². The number of rotatable bonds is 1. The molecule has 0 saturated heterocycles. The number of halogens is 1. The topological polar surface area (TPSA) is 46.2 Å². The number of phenolic OH excluding ortho intramolecular Hbond substituents is 1. The molecule has 76 valence electrons. The van der Waals surface area contributed by atoms with Crippen molar-refractivity contribution in [1.82, 2.24) is 0 Å². The minimum atomic E-state index is -0.463. The molecule has 0 bridgehead atoms. The van der Waals surface area contributed by atoms with Crippen molar-refractivity contribution in [2.24, 2.45) is 11.1 Å². The minimum Gasteiger partial charge on any atom is -0.508 e. The summed E-state index contributed by atoms with van der Waals surface area (Å²) in [5.74, 6) is 0.200. The van der Waals surface area contributed by atoms with E-state index < -0.39 is 5.54 Å². The third-order valence-electron chi connectivity index (χ3n) is 3.24. The molecule has 1 aromatic carbocycles. The Bertz CT molecular complexity index is 369. The fourth-order valence-electron chi connectivity index (χ4n) is 2.03. The number of benzene rings is 1. The van der Waals surface area contributed by atoms with Crippen molar-refractivity contribution in [2.75, 3.05) is 0 Å². The molecule has 14 heavy (non-hydrogen) atoms. The standard InChI is InChI=1S/C11H14ClNO/c1-10(2)6-11(10,13)9-7(12)4-3-5-8(9)14/h3-5,14H,6,13H2,1-2H3. The van der Waals surface area contributed by atoms with E-state index in [2.05, 4.69) is 13.8 Å². The Kier molecular flexibility index (Phi) is 1.85. The lowest BCUT2D eigenvalue weighted by Crippen LogP contribution is -2.25. The van der Waals surface area contributed by atoms with E-state index in [1.54, 1.807) is 18.2 Å². The highest BCUT2D eigenvalue weighted by atomic mass is 35.5. The van der Waals surface area contributed by atoms with Gasteiger partial charge in [-0.15, -0.1) is 0 Å². The first-order valence-corrected chi connectivity index (χ1v) is 5.03. The van der Waals surface area contributed by atoms with E-state index in [-0.39, 0.29) is 11.2 Å². The zero-order chi connectivity index (χ0) is 10.6. The summed E-state index contributed by atoms with van der Waals surface area (Å²) in [7, 11) is 0. The molecule has 1 fully saturated rings. The maximum atomic E-state index is 9.73. The first kappa shape index (κ1) is 9.81. The molecular formula is C11H14ClNO. The van der Waals surface area contributed by atoms with Gasteiger partial charge in [-0.2, -0.15) is 0 Å². The smallest absolute Gasteiger partial charge is 0.122 e. The van der Waals surface area contributed by atoms with Crippen molar-refractivity contribution < 1.29 is 5.11 Å². The third-order valence-corrected chi connectivity index (χ3v) is 3.56. The van der Waals surface area contributed by atoms with Crippen LogP contribution in [0.4, 0.5) is 0 Å². The second-order valence-corrected chi connectivity index (χ2v) is 5.07. The van der Waals surface area contributed by atoms with E-state index in [1.165, 1.54) is 0 Å². The maximum absolute atomic E-state index is 9.73. The van der Waals surface area contributed by atoms with Crippen LogP contribution in [0.3, 0.4) is 0 Å². The summed E-state index contributed by atoms with van der Waals surface area (Å²) in [6.45, 7) is 4.16. The normalized spacial score (nSPS) is 28.9. The highest BCUT2D eigenvalue weighted by Gasteiger charge is 2.61. The van der Waals surface area contributed by atoms with Crippen LogP contribution in [0, 0.1) is 5.41 Å². The second kappa shape index (κ2) is 2.65. The number of phenols is 1. The molecule has 0 heterocycles. The summed E-state index contributed by atoms with van der Waals surface area (Å²) < 4.78 is 0. The summed E-state index contributed by atoms with van der Waals surface area (Å²) in [5.41, 5.74) is 6.45. The molecule has 1 atom stereocenters. The fourth-order valence-corrected chi connectivity index (χ4v) is 2.37. The lowest BCUT2D eigenvalue weighted by molar-refractivity contribution is 0.439. The molecule has 2 rings (SSSR count). The highest BCUT2D eigenvalue weighted by molar-refractivity contribution is 6.31. The van der Waals surface area contributed by atoms with Crippen LogP contribution in [0.1, 0.15) is 25.8 Å². The number of hydrogen-bond donors (Lipinski definition) is 2. The zero-order valence-corrected chi connectivity index (χ0v) is 9.10. The van der Waals surface area contributed by atoms with E-state index in [4.69, 9.17) is 17.3 Å². The molecule has 1 aliphatic carbocycles. The summed E-state index contributed by atoms with van der Waals surface area (Å²) in [6.07, 6.45) is 0.858. The molecule has 2 nitrogen and oxygen atoms in total. The quantitative estimate of drug-likeness (QED) is 0.750. The number of aromatic hydroxyl groups is 1. The maximum Gasteiger partial charge on any atom is 0.122 e. The molecule has 0 radical (unpaired) electrons. The predicted octanol–water partition coefficient (Wildman–Crippen LogP) is 2.63. The highest BCUT2D eigenvalue weighted by Crippen LogP contribution is 2.63. The Morgan fingerprint density at radius 3 is 2.43 bits per heavy atom. The van der Waals surface area contributed by atoms with Crippen molar-refractivity contribution in [1.29, 1.82) is 0 Å². The first-order valence-electron chi connectivity index (χ1n) is 4.65. The van der Waals surface area contributed by atoms with Gasteiger partial charge in [0.2, 0.25) is 0 Å². The molecule has 3 N–H and O–H groups in total. The van der Waals surface area contributed by atoms with E-state index >= 15 is 0 Å². The Balaban J connectivity index is 2.54. The Morgan fingerprint density at radius 1 is 1.43 bits per heavy atom. The molecular weight excluding hydrogens is 198 g/mol. The van der Waals surface area contributed by atoms with Crippen LogP contribution in [0.25, 0.3) is 0 Å². The van der Waals surface area contributed by atoms with Crippen molar-refractivity contribution in [3.8, 4) is 5.75 Å². The van der Waals surface area contributed by atoms with E-state index in [0.29, 0.717) is 10.6 Å². The van der Waals surface area contributed by atoms with Crippen LogP contribution in [0.15, 0.2) is 18.2 Å². The van der Waals surface area contributed by atoms with Gasteiger partial charge >= 0.3 is 0 Å². The lowest BCUT2D eigenvalue weighted by Gasteiger charge is -2.18. The average Bonchev–Trinajstić information content (AvgIpc) is 2.50. The van der Waals surface area contributed by atoms with Gasteiger partial charge in [-0.05, 0) is 24.0 Å². The molecule has 0 amide bonds. The molecule has 3 heteroatoms. The summed E-state index contributed by atoms with van der Waals surface area (Å²) in [6, 6.07) is 5.11. The third kappa shape index (κ3) is 1.14. The van der Waals surface area contributed by atoms with Crippen molar-refractivity contribution in [2.45, 2.75) is 25.8 Å². The Hall–Kier alpha value is -0.730. The second-order valence-electron chi connectivity index (χ2n) is 4.67. The van der Waals surface area contributed by atoms with Crippen LogP contribution >= 0.6 is 11.6 Å². The van der Waals surface area contributed by atoms with Gasteiger partial charge in [-0.1, -0.05) is 31.5 Å². The Morgan fingerprint density at radius 2 is 2.00 bits per heavy atom. The molecule has 0 aliphatic heterocycles. The molecule has 1 aliphatic rings. The molecule has 1 saturated carbocycles. The zero-order valence-electron chi connectivity index (χ0n) is 8.34. The van der Waals surface area contributed by atoms with Gasteiger partial charge in [0.25, 0.3) is 0 Å². The SMILES string of the molecule is CC1(C)CC1(N)c1c(O)cccc1Cl. The summed E-state index contributed by atoms with van der Waals surface area (Å²) in [5, 5.41) is 10.3. The number of hydrogen-bond acceptors (Lipinski definition) is 2. The van der Waals surface area contributed by atoms with E-state index in [0.717, 1.165) is 6.42 Å². The molecule has 1 aromatic rings. The van der Waals surface area contributed by atoms with Gasteiger partial charge in [0, 0.05) is 10.6 Å². The summed E-state index contributed by atoms with van der Waals surface area (Å²) >= 11 is 6.04. The van der Waals surface area contributed by atoms with Crippen molar-refractivity contribution in [3.05, 3.63) is 28.8 Å². The Labute approximate surface area is 88.7 Å². The van der Waals surface area contributed by atoms with Gasteiger partial charge in [0.05, 0.1) is 5.54 Å². The predicted molar refractivity (Wildman–Crippen MR) is 57.4 cm³/mol. The van der Waals surface area contributed by atoms with Gasteiger partial charge in [0.15, 0.2) is 0 Å². The van der Waals surface area contributed by atoms with E-state index in [1.807, 2.05) is 0 Å². The first-order chi connectivity index (χ1) is 6.38. The van der Waals surface area contributed by atoms with Crippen molar-refractivity contribution >= 4 is 11.6 Å². The van der Waals surface area contributed by atoms with Crippen LogP contribution in [0.5, 0.6) is 5.75 Å². The van der Waals surface area contributed by atoms with E-state index in [9.17, 15) is 5.11 Å². The van der Waals surface area contributed by atoms with Crippen LogP contribution in [-0.2, 0) is 5.54 Å². The monoisotopic (exact) mass is 211 g/mol. The minimum absolute atomic E-state index is 0.0233. The van der Waals surface area contributed by atoms with Gasteiger partial charge < -0.3 is 10.8 Å². The molecule has 1 unspecified atom stereocenters. The van der Waals surface area contributed by atoms with Crippen molar-refractivity contribution in [3.63, 3.8) is 0 Å². The number of nitrogens with two attached hydrogens (primary N) is 1.